The third-order valence-corrected chi connectivity index (χ3v) is 7.93. The number of carbonyl (C=O) groups is 1. The van der Waals surface area contributed by atoms with E-state index in [0.717, 1.165) is 47.8 Å². The first kappa shape index (κ1) is 31.7. The van der Waals surface area contributed by atoms with Gasteiger partial charge in [-0.15, -0.1) is 0 Å². The van der Waals surface area contributed by atoms with Crippen molar-refractivity contribution in [3.05, 3.63) is 70.2 Å². The van der Waals surface area contributed by atoms with Crippen molar-refractivity contribution in [3.8, 4) is 5.75 Å². The zero-order valence-electron chi connectivity index (χ0n) is 25.4. The maximum atomic E-state index is 12.8. The van der Waals surface area contributed by atoms with Crippen LogP contribution in [0.25, 0.3) is 0 Å². The number of aryl methyl sites for hydroxylation is 1. The van der Waals surface area contributed by atoms with E-state index in [4.69, 9.17) is 4.74 Å². The zero-order chi connectivity index (χ0) is 28.8. The lowest BCUT2D eigenvalue weighted by atomic mass is 9.86. The monoisotopic (exact) mass is 564 g/mol. The number of aromatic nitrogens is 1. The van der Waals surface area contributed by atoms with Crippen LogP contribution < -0.4 is 19.9 Å². The lowest BCUT2D eigenvalue weighted by Crippen LogP contribution is -2.30. The lowest BCUT2D eigenvalue weighted by molar-refractivity contribution is -0.683. The Morgan fingerprint density at radius 1 is 0.875 bits per heavy atom. The van der Waals surface area contributed by atoms with Crippen molar-refractivity contribution in [1.29, 1.82) is 0 Å². The molecule has 0 saturated heterocycles. The Labute approximate surface area is 246 Å². The predicted octanol–water partition coefficient (Wildman–Crippen LogP) is 9.63. The summed E-state index contributed by atoms with van der Waals surface area (Å²) in [5, 5.41) is 5.99. The fraction of sp³-hybridized carbons (Fsp3) is 0.529. The highest BCUT2D eigenvalue weighted by molar-refractivity contribution is 7.09. The van der Waals surface area contributed by atoms with Crippen LogP contribution in [0.1, 0.15) is 108 Å². The average molecular weight is 565 g/mol. The summed E-state index contributed by atoms with van der Waals surface area (Å²) in [6, 6.07) is 13.7. The van der Waals surface area contributed by atoms with Gasteiger partial charge < -0.3 is 15.4 Å². The average Bonchev–Trinajstić information content (AvgIpc) is 3.31. The van der Waals surface area contributed by atoms with Crippen LogP contribution in [0.3, 0.4) is 0 Å². The molecule has 0 atom stereocenters. The van der Waals surface area contributed by atoms with Crippen molar-refractivity contribution in [2.24, 2.45) is 0 Å². The molecule has 2 aromatic carbocycles. The molecule has 0 saturated carbocycles. The van der Waals surface area contributed by atoms with Crippen LogP contribution in [-0.4, -0.2) is 12.6 Å². The van der Waals surface area contributed by atoms with E-state index < -0.39 is 0 Å². The van der Waals surface area contributed by atoms with E-state index in [9.17, 15) is 4.79 Å². The van der Waals surface area contributed by atoms with Crippen molar-refractivity contribution in [2.45, 2.75) is 111 Å². The first-order valence-electron chi connectivity index (χ1n) is 15.1. The Morgan fingerprint density at radius 3 is 2.15 bits per heavy atom. The molecule has 0 aliphatic rings. The largest absolute Gasteiger partial charge is 0.493 e. The lowest BCUT2D eigenvalue weighted by Gasteiger charge is -2.24. The molecular formula is C34H50N3O2S+. The van der Waals surface area contributed by atoms with Gasteiger partial charge in [0.1, 0.15) is 5.75 Å². The van der Waals surface area contributed by atoms with E-state index in [2.05, 4.69) is 67.6 Å². The third-order valence-electron chi connectivity index (χ3n) is 7.07. The number of benzene rings is 2. The predicted molar refractivity (Wildman–Crippen MR) is 170 cm³/mol. The number of nitrogens with zero attached hydrogens (tertiary/aromatic N) is 1. The Morgan fingerprint density at radius 2 is 1.52 bits per heavy atom. The molecule has 0 aliphatic carbocycles. The molecule has 0 fully saturated rings. The standard InChI is InChI=1S/C34H49N3O2S/c1-6-7-8-9-10-11-12-13-14-15-21-39-32-20-19-30(23-31(32)34(3,4)5)36-33(38)35-29-18-16-17-28(22-29)25-37-24-27(2)40-26-37/h16-20,22-24,26H,6-15,21,25H2,1-5H3,(H-,35,36,38)/p+1. The summed E-state index contributed by atoms with van der Waals surface area (Å²) < 4.78 is 8.39. The number of carbonyl (C=O) groups excluding carboxylic acids is 1. The maximum absolute atomic E-state index is 12.8. The first-order chi connectivity index (χ1) is 19.2. The number of hydrogen-bond acceptors (Lipinski definition) is 3. The van der Waals surface area contributed by atoms with Gasteiger partial charge in [-0.1, -0.05) is 109 Å². The normalized spacial score (nSPS) is 11.4. The van der Waals surface area contributed by atoms with Crippen LogP contribution in [0, 0.1) is 6.92 Å². The van der Waals surface area contributed by atoms with Crippen LogP contribution in [0.5, 0.6) is 5.75 Å². The van der Waals surface area contributed by atoms with E-state index in [1.54, 1.807) is 11.3 Å². The molecule has 40 heavy (non-hydrogen) atoms. The van der Waals surface area contributed by atoms with Gasteiger partial charge in [0.15, 0.2) is 12.7 Å². The van der Waals surface area contributed by atoms with Gasteiger partial charge in [-0.05, 0) is 49.1 Å². The second kappa shape index (κ2) is 16.4. The molecule has 0 unspecified atom stereocenters. The van der Waals surface area contributed by atoms with Crippen molar-refractivity contribution in [3.63, 3.8) is 0 Å². The van der Waals surface area contributed by atoms with Crippen LogP contribution >= 0.6 is 11.3 Å². The maximum Gasteiger partial charge on any atom is 0.323 e. The molecule has 0 bridgehead atoms. The summed E-state index contributed by atoms with van der Waals surface area (Å²) in [6.45, 7) is 12.4. The van der Waals surface area contributed by atoms with Crippen LogP contribution in [-0.2, 0) is 12.0 Å². The quantitative estimate of drug-likeness (QED) is 0.134. The van der Waals surface area contributed by atoms with Gasteiger partial charge in [-0.2, -0.15) is 4.57 Å². The highest BCUT2D eigenvalue weighted by Gasteiger charge is 2.20. The second-order valence-electron chi connectivity index (χ2n) is 11.9. The van der Waals surface area contributed by atoms with Crippen molar-refractivity contribution in [1.82, 2.24) is 0 Å². The molecule has 0 spiro atoms. The van der Waals surface area contributed by atoms with Crippen LogP contribution in [0.15, 0.2) is 54.2 Å². The number of amides is 2. The molecule has 0 radical (unpaired) electrons. The topological polar surface area (TPSA) is 54.2 Å². The number of urea groups is 1. The van der Waals surface area contributed by atoms with E-state index in [-0.39, 0.29) is 11.4 Å². The third kappa shape index (κ3) is 11.3. The van der Waals surface area contributed by atoms with Crippen molar-refractivity contribution in [2.75, 3.05) is 17.2 Å². The molecule has 2 amide bonds. The van der Waals surface area contributed by atoms with E-state index in [0.29, 0.717) is 0 Å². The Balaban J connectivity index is 1.47. The van der Waals surface area contributed by atoms with Crippen LogP contribution in [0.2, 0.25) is 0 Å². The summed E-state index contributed by atoms with van der Waals surface area (Å²) >= 11 is 1.73. The Hall–Kier alpha value is -2.86. The van der Waals surface area contributed by atoms with Gasteiger partial charge in [0.25, 0.3) is 0 Å². The molecule has 1 aromatic heterocycles. The smallest absolute Gasteiger partial charge is 0.323 e. The Bertz CT molecular complexity index is 1180. The van der Waals surface area contributed by atoms with Crippen LogP contribution in [0.4, 0.5) is 16.2 Å². The molecule has 2 N–H and O–H groups in total. The van der Waals surface area contributed by atoms with Gasteiger partial charge in [0.2, 0.25) is 5.51 Å². The highest BCUT2D eigenvalue weighted by atomic mass is 32.1. The van der Waals surface area contributed by atoms with Gasteiger partial charge in [0.05, 0.1) is 11.5 Å². The first-order valence-corrected chi connectivity index (χ1v) is 16.0. The number of anilines is 2. The van der Waals surface area contributed by atoms with Gasteiger partial charge in [-0.3, -0.25) is 0 Å². The minimum absolute atomic E-state index is 0.104. The molecule has 0 aliphatic heterocycles. The number of thiazole rings is 1. The molecule has 1 heterocycles. The van der Waals surface area contributed by atoms with Gasteiger partial charge in [0, 0.05) is 22.5 Å². The van der Waals surface area contributed by atoms with Crippen molar-refractivity contribution >= 4 is 28.7 Å². The summed E-state index contributed by atoms with van der Waals surface area (Å²) in [7, 11) is 0. The van der Waals surface area contributed by atoms with Gasteiger partial charge >= 0.3 is 6.03 Å². The molecule has 3 rings (SSSR count). The summed E-state index contributed by atoms with van der Waals surface area (Å²) in [6.07, 6.45) is 15.3. The summed E-state index contributed by atoms with van der Waals surface area (Å²) in [4.78, 5) is 14.1. The van der Waals surface area contributed by atoms with Gasteiger partial charge in [-0.25, -0.2) is 4.79 Å². The minimum Gasteiger partial charge on any atom is -0.493 e. The SMILES string of the molecule is CCCCCCCCCCCCOc1ccc(NC(=O)Nc2cccc(C[n+]3csc(C)c3)c2)cc1C(C)(C)C. The minimum atomic E-state index is -0.255. The highest BCUT2D eigenvalue weighted by Crippen LogP contribution is 2.34. The van der Waals surface area contributed by atoms with E-state index in [1.807, 2.05) is 36.4 Å². The molecule has 3 aromatic rings. The number of hydrogen-bond donors (Lipinski definition) is 2. The molecule has 6 heteroatoms. The number of unbranched alkanes of at least 4 members (excludes halogenated alkanes) is 9. The van der Waals surface area contributed by atoms with E-state index >= 15 is 0 Å². The zero-order valence-corrected chi connectivity index (χ0v) is 26.2. The molecule has 5 nitrogen and oxygen atoms in total. The fourth-order valence-electron chi connectivity index (χ4n) is 4.87. The molecule has 218 valence electrons. The fourth-order valence-corrected chi connectivity index (χ4v) is 5.50. The number of ether oxygens (including phenoxy) is 1. The van der Waals surface area contributed by atoms with E-state index in [1.165, 1.54) is 62.7 Å². The summed E-state index contributed by atoms with van der Waals surface area (Å²) in [5.41, 5.74) is 5.78. The number of nitrogens with one attached hydrogen (secondary N) is 2. The summed E-state index contributed by atoms with van der Waals surface area (Å²) in [5.74, 6) is 0.906. The van der Waals surface area contributed by atoms with Crippen molar-refractivity contribution < 1.29 is 14.1 Å². The number of rotatable bonds is 16. The second-order valence-corrected chi connectivity index (χ2v) is 13.0. The molecular weight excluding hydrogens is 514 g/mol. The Kier molecular flexibility index (Phi) is 13.0.